The van der Waals surface area contributed by atoms with Crippen LogP contribution in [0.5, 0.6) is 0 Å². The zero-order chi connectivity index (χ0) is 21.4. The summed E-state index contributed by atoms with van der Waals surface area (Å²) >= 11 is 7.65. The molecule has 1 aliphatic carbocycles. The van der Waals surface area contributed by atoms with Crippen LogP contribution in [0, 0.1) is 0 Å². The predicted molar refractivity (Wildman–Crippen MR) is 125 cm³/mol. The second-order valence-corrected chi connectivity index (χ2v) is 11.4. The Morgan fingerprint density at radius 1 is 1.03 bits per heavy atom. The Morgan fingerprint density at radius 2 is 1.81 bits per heavy atom. The maximum absolute atomic E-state index is 13.7. The Hall–Kier alpha value is -1.87. The van der Waals surface area contributed by atoms with E-state index in [2.05, 4.69) is 4.90 Å². The number of hydrogen-bond donors (Lipinski definition) is 0. The van der Waals surface area contributed by atoms with Crippen molar-refractivity contribution in [2.45, 2.75) is 36.6 Å². The van der Waals surface area contributed by atoms with Gasteiger partial charge >= 0.3 is 0 Å². The molecule has 1 aromatic carbocycles. The molecule has 31 heavy (non-hydrogen) atoms. The van der Waals surface area contributed by atoms with Crippen LogP contribution in [0.4, 0.5) is 5.69 Å². The lowest BCUT2D eigenvalue weighted by Crippen LogP contribution is -2.48. The second kappa shape index (κ2) is 8.58. The highest BCUT2D eigenvalue weighted by Gasteiger charge is 2.34. The van der Waals surface area contributed by atoms with Gasteiger partial charge in [0, 0.05) is 43.1 Å². The number of thiophene rings is 1. The lowest BCUT2D eigenvalue weighted by atomic mass is 10.2. The molecule has 0 amide bonds. The predicted octanol–water partition coefficient (Wildman–Crippen LogP) is 4.89. The molecule has 0 spiro atoms. The first kappa shape index (κ1) is 21.0. The molecule has 0 unspecified atom stereocenters. The molecule has 2 aliphatic rings. The van der Waals surface area contributed by atoms with Gasteiger partial charge in [0.15, 0.2) is 0 Å². The topological polar surface area (TPSA) is 58.4 Å². The van der Waals surface area contributed by atoms with Crippen LogP contribution in [-0.2, 0) is 10.0 Å². The van der Waals surface area contributed by atoms with E-state index in [0.717, 1.165) is 23.4 Å². The highest BCUT2D eigenvalue weighted by atomic mass is 35.5. The number of sulfonamides is 1. The zero-order valence-electron chi connectivity index (χ0n) is 17.2. The molecule has 1 saturated heterocycles. The summed E-state index contributed by atoms with van der Waals surface area (Å²) in [6, 6.07) is 11.9. The van der Waals surface area contributed by atoms with Crippen LogP contribution < -0.4 is 4.90 Å². The summed E-state index contributed by atoms with van der Waals surface area (Å²) < 4.78 is 30.8. The minimum absolute atomic E-state index is 0.294. The molecular formula is C22H25ClN4O2S2. The number of piperazine rings is 1. The molecule has 0 bridgehead atoms. The minimum atomic E-state index is -3.64. The van der Waals surface area contributed by atoms with E-state index in [-0.39, 0.29) is 0 Å². The van der Waals surface area contributed by atoms with Crippen molar-refractivity contribution in [3.63, 3.8) is 0 Å². The fraction of sp³-hybridized carbons (Fsp3) is 0.409. The zero-order valence-corrected chi connectivity index (χ0v) is 19.5. The molecule has 1 saturated carbocycles. The van der Waals surface area contributed by atoms with Gasteiger partial charge < -0.3 is 4.90 Å². The first-order valence-electron chi connectivity index (χ1n) is 10.7. The molecule has 164 valence electrons. The molecular weight excluding hydrogens is 452 g/mol. The molecule has 2 fully saturated rings. The molecule has 1 aliphatic heterocycles. The highest BCUT2D eigenvalue weighted by Crippen LogP contribution is 2.36. The van der Waals surface area contributed by atoms with E-state index >= 15 is 0 Å². The number of halogens is 1. The number of benzene rings is 1. The Balaban J connectivity index is 1.41. The smallest absolute Gasteiger partial charge is 0.246 e. The largest absolute Gasteiger partial charge is 0.369 e. The Bertz CT molecular complexity index is 1150. The normalized spacial score (nSPS) is 18.7. The summed E-state index contributed by atoms with van der Waals surface area (Å²) in [4.78, 5) is 3.41. The Labute approximate surface area is 192 Å². The van der Waals surface area contributed by atoms with Crippen LogP contribution in [0.25, 0.3) is 10.6 Å². The molecule has 5 rings (SSSR count). The Morgan fingerprint density at radius 3 is 2.48 bits per heavy atom. The summed E-state index contributed by atoms with van der Waals surface area (Å²) in [5.41, 5.74) is 1.61. The van der Waals surface area contributed by atoms with E-state index in [1.165, 1.54) is 24.2 Å². The van der Waals surface area contributed by atoms with Gasteiger partial charge in [-0.15, -0.1) is 11.3 Å². The van der Waals surface area contributed by atoms with Crippen LogP contribution in [0.15, 0.2) is 52.9 Å². The van der Waals surface area contributed by atoms with Crippen LogP contribution in [0.1, 0.15) is 31.7 Å². The maximum atomic E-state index is 13.7. The van der Waals surface area contributed by atoms with Crippen molar-refractivity contribution < 1.29 is 8.42 Å². The third-order valence-corrected chi connectivity index (χ3v) is 9.19. The second-order valence-electron chi connectivity index (χ2n) is 8.11. The van der Waals surface area contributed by atoms with E-state index < -0.39 is 10.0 Å². The highest BCUT2D eigenvalue weighted by molar-refractivity contribution is 7.89. The monoisotopic (exact) mass is 476 g/mol. The van der Waals surface area contributed by atoms with Gasteiger partial charge in [0.25, 0.3) is 0 Å². The maximum Gasteiger partial charge on any atom is 0.246 e. The third kappa shape index (κ3) is 4.14. The molecule has 0 atom stereocenters. The number of anilines is 1. The first-order valence-corrected chi connectivity index (χ1v) is 13.4. The van der Waals surface area contributed by atoms with Gasteiger partial charge in [0.1, 0.15) is 10.6 Å². The van der Waals surface area contributed by atoms with Crippen molar-refractivity contribution in [2.24, 2.45) is 0 Å². The van der Waals surface area contributed by atoms with Crippen LogP contribution in [0.2, 0.25) is 5.02 Å². The number of rotatable bonds is 5. The fourth-order valence-corrected chi connectivity index (χ4v) is 7.03. The minimum Gasteiger partial charge on any atom is -0.369 e. The number of nitrogens with zero attached hydrogens (tertiary/aromatic N) is 4. The number of hydrogen-bond acceptors (Lipinski definition) is 5. The van der Waals surface area contributed by atoms with Gasteiger partial charge in [-0.2, -0.15) is 9.40 Å². The average molecular weight is 477 g/mol. The van der Waals surface area contributed by atoms with Crippen molar-refractivity contribution >= 4 is 38.6 Å². The van der Waals surface area contributed by atoms with E-state index in [9.17, 15) is 8.42 Å². The average Bonchev–Trinajstić information content (AvgIpc) is 3.55. The van der Waals surface area contributed by atoms with Gasteiger partial charge in [0.2, 0.25) is 10.0 Å². The molecule has 9 heteroatoms. The summed E-state index contributed by atoms with van der Waals surface area (Å²) in [6.07, 6.45) is 6.23. The summed E-state index contributed by atoms with van der Waals surface area (Å²) in [5, 5.41) is 7.41. The third-order valence-electron chi connectivity index (χ3n) is 6.18. The van der Waals surface area contributed by atoms with Crippen molar-refractivity contribution in [3.05, 3.63) is 53.0 Å². The molecule has 0 N–H and O–H groups in total. The molecule has 0 radical (unpaired) electrons. The van der Waals surface area contributed by atoms with E-state index in [1.54, 1.807) is 10.5 Å². The summed E-state index contributed by atoms with van der Waals surface area (Å²) in [6.45, 7) is 2.13. The van der Waals surface area contributed by atoms with E-state index in [1.807, 2.05) is 46.5 Å². The summed E-state index contributed by atoms with van der Waals surface area (Å²) in [5.74, 6) is 0. The van der Waals surface area contributed by atoms with Crippen LogP contribution in [0.3, 0.4) is 0 Å². The molecule has 3 heterocycles. The van der Waals surface area contributed by atoms with Crippen molar-refractivity contribution in [1.29, 1.82) is 0 Å². The first-order chi connectivity index (χ1) is 15.0. The standard InChI is InChI=1S/C22H25ClN4O2S2/c23-17-5-3-8-19(15-17)25-10-12-26(13-11-25)31(28,29)21-16-27(18-6-1-2-7-18)24-22(21)20-9-4-14-30-20/h3-5,8-9,14-16,18H,1-2,6-7,10-13H2. The van der Waals surface area contributed by atoms with Gasteiger partial charge in [-0.25, -0.2) is 8.42 Å². The van der Waals surface area contributed by atoms with Crippen molar-refractivity contribution in [2.75, 3.05) is 31.1 Å². The van der Waals surface area contributed by atoms with Gasteiger partial charge in [-0.3, -0.25) is 4.68 Å². The summed E-state index contributed by atoms with van der Waals surface area (Å²) in [7, 11) is -3.64. The molecule has 2 aromatic heterocycles. The van der Waals surface area contributed by atoms with Gasteiger partial charge in [-0.1, -0.05) is 36.6 Å². The number of aromatic nitrogens is 2. The van der Waals surface area contributed by atoms with Gasteiger partial charge in [0.05, 0.1) is 10.9 Å². The van der Waals surface area contributed by atoms with Crippen molar-refractivity contribution in [3.8, 4) is 10.6 Å². The van der Waals surface area contributed by atoms with Crippen molar-refractivity contribution in [1.82, 2.24) is 14.1 Å². The quantitative estimate of drug-likeness (QED) is 0.526. The van der Waals surface area contributed by atoms with Crippen LogP contribution >= 0.6 is 22.9 Å². The Kier molecular flexibility index (Phi) is 5.81. The lowest BCUT2D eigenvalue weighted by molar-refractivity contribution is 0.385. The van der Waals surface area contributed by atoms with E-state index in [0.29, 0.717) is 47.8 Å². The van der Waals surface area contributed by atoms with Gasteiger partial charge in [-0.05, 0) is 42.5 Å². The lowest BCUT2D eigenvalue weighted by Gasteiger charge is -2.35. The van der Waals surface area contributed by atoms with E-state index in [4.69, 9.17) is 16.7 Å². The molecule has 6 nitrogen and oxygen atoms in total. The fourth-order valence-electron chi connectivity index (χ4n) is 4.50. The van der Waals surface area contributed by atoms with Crippen LogP contribution in [-0.4, -0.2) is 48.7 Å². The SMILES string of the molecule is O=S(=O)(c1cn(C2CCCC2)nc1-c1cccs1)N1CCN(c2cccc(Cl)c2)CC1. The molecule has 3 aromatic rings.